The molecule has 0 spiro atoms. The molecule has 0 saturated carbocycles. The molecule has 0 fully saturated rings. The summed E-state index contributed by atoms with van der Waals surface area (Å²) < 4.78 is 1.27. The Labute approximate surface area is 93.9 Å². The van der Waals surface area contributed by atoms with E-state index in [1.54, 1.807) is 0 Å². The molecule has 0 aromatic heterocycles. The van der Waals surface area contributed by atoms with Gasteiger partial charge in [-0.15, -0.1) is 0 Å². The Kier molecular flexibility index (Phi) is 3.74. The zero-order valence-electron chi connectivity index (χ0n) is 8.34. The highest BCUT2D eigenvalue weighted by Crippen LogP contribution is 2.24. The molecule has 13 heavy (non-hydrogen) atoms. The molecular weight excluding hydrogens is 273 g/mol. The summed E-state index contributed by atoms with van der Waals surface area (Å²) in [6.45, 7) is 6.42. The van der Waals surface area contributed by atoms with Gasteiger partial charge in [-0.1, -0.05) is 31.5 Å². The van der Waals surface area contributed by atoms with E-state index in [1.807, 2.05) is 0 Å². The van der Waals surface area contributed by atoms with Crippen molar-refractivity contribution in [2.45, 2.75) is 26.8 Å². The van der Waals surface area contributed by atoms with Gasteiger partial charge in [0.15, 0.2) is 0 Å². The molecule has 0 aliphatic carbocycles. The molecule has 0 unspecified atom stereocenters. The van der Waals surface area contributed by atoms with Gasteiger partial charge in [0.25, 0.3) is 0 Å². The Morgan fingerprint density at radius 1 is 1.31 bits per heavy atom. The summed E-state index contributed by atoms with van der Waals surface area (Å²) in [5.41, 5.74) is 8.66. The quantitative estimate of drug-likeness (QED) is 0.831. The molecule has 2 heteroatoms. The largest absolute Gasteiger partial charge is 0.324 e. The molecule has 0 heterocycles. The highest BCUT2D eigenvalue weighted by atomic mass is 127. The number of nitrogens with two attached hydrogens (primary N) is 1. The summed E-state index contributed by atoms with van der Waals surface area (Å²) in [5.74, 6) is 0.496. The SMILES string of the molecule is Cc1ccc(I)c([C@@H](N)C(C)C)c1. The van der Waals surface area contributed by atoms with Crippen LogP contribution in [0.5, 0.6) is 0 Å². The monoisotopic (exact) mass is 289 g/mol. The van der Waals surface area contributed by atoms with Crippen LogP contribution in [-0.2, 0) is 0 Å². The lowest BCUT2D eigenvalue weighted by molar-refractivity contribution is 0.512. The maximum atomic E-state index is 6.10. The first-order valence-corrected chi connectivity index (χ1v) is 5.62. The average molecular weight is 289 g/mol. The molecule has 1 atom stereocenters. The van der Waals surface area contributed by atoms with Crippen molar-refractivity contribution in [3.05, 3.63) is 32.9 Å². The van der Waals surface area contributed by atoms with Gasteiger partial charge >= 0.3 is 0 Å². The Balaban J connectivity index is 3.05. The predicted octanol–water partition coefficient (Wildman–Crippen LogP) is 3.26. The fraction of sp³-hybridized carbons (Fsp3) is 0.455. The molecule has 1 nitrogen and oxygen atoms in total. The van der Waals surface area contributed by atoms with E-state index in [0.29, 0.717) is 5.92 Å². The first kappa shape index (κ1) is 11.0. The van der Waals surface area contributed by atoms with Crippen LogP contribution in [0.1, 0.15) is 31.0 Å². The van der Waals surface area contributed by atoms with E-state index < -0.39 is 0 Å². The maximum Gasteiger partial charge on any atom is 0.0328 e. The minimum atomic E-state index is 0.159. The van der Waals surface area contributed by atoms with E-state index in [-0.39, 0.29) is 6.04 Å². The Morgan fingerprint density at radius 2 is 1.92 bits per heavy atom. The van der Waals surface area contributed by atoms with Gasteiger partial charge < -0.3 is 5.73 Å². The molecule has 1 rings (SSSR count). The standard InChI is InChI=1S/C11H16IN/c1-7(2)11(13)9-6-8(3)4-5-10(9)12/h4-7,11H,13H2,1-3H3/t11-/m0/s1. The van der Waals surface area contributed by atoms with Crippen LogP contribution in [0.4, 0.5) is 0 Å². The van der Waals surface area contributed by atoms with Crippen molar-refractivity contribution < 1.29 is 0 Å². The molecule has 2 N–H and O–H groups in total. The molecule has 0 bridgehead atoms. The summed E-state index contributed by atoms with van der Waals surface area (Å²) in [6.07, 6.45) is 0. The van der Waals surface area contributed by atoms with Crippen LogP contribution in [0.25, 0.3) is 0 Å². The second kappa shape index (κ2) is 4.42. The highest BCUT2D eigenvalue weighted by molar-refractivity contribution is 14.1. The van der Waals surface area contributed by atoms with Gasteiger partial charge in [-0.25, -0.2) is 0 Å². The smallest absolute Gasteiger partial charge is 0.0328 e. The second-order valence-corrected chi connectivity index (χ2v) is 4.96. The number of halogens is 1. The molecule has 0 saturated heterocycles. The lowest BCUT2D eigenvalue weighted by Gasteiger charge is -2.18. The van der Waals surface area contributed by atoms with Gasteiger partial charge in [-0.3, -0.25) is 0 Å². The molecular formula is C11H16IN. The Hall–Kier alpha value is -0.0900. The van der Waals surface area contributed by atoms with Crippen molar-refractivity contribution in [1.29, 1.82) is 0 Å². The minimum absolute atomic E-state index is 0.159. The van der Waals surface area contributed by atoms with Crippen molar-refractivity contribution >= 4 is 22.6 Å². The van der Waals surface area contributed by atoms with Gasteiger partial charge in [-0.05, 0) is 47.1 Å². The van der Waals surface area contributed by atoms with Crippen molar-refractivity contribution in [2.24, 2.45) is 11.7 Å². The van der Waals surface area contributed by atoms with Crippen LogP contribution in [0.15, 0.2) is 18.2 Å². The molecule has 0 amide bonds. The zero-order chi connectivity index (χ0) is 10.0. The number of rotatable bonds is 2. The summed E-state index contributed by atoms with van der Waals surface area (Å²) >= 11 is 2.35. The van der Waals surface area contributed by atoms with Gasteiger partial charge in [0, 0.05) is 9.61 Å². The van der Waals surface area contributed by atoms with E-state index >= 15 is 0 Å². The van der Waals surface area contributed by atoms with E-state index in [2.05, 4.69) is 61.6 Å². The third kappa shape index (κ3) is 2.68. The number of aryl methyl sites for hydroxylation is 1. The second-order valence-electron chi connectivity index (χ2n) is 3.79. The Bertz CT molecular complexity index is 294. The van der Waals surface area contributed by atoms with Crippen LogP contribution in [0.3, 0.4) is 0 Å². The fourth-order valence-corrected chi connectivity index (χ4v) is 1.97. The summed E-state index contributed by atoms with van der Waals surface area (Å²) in [7, 11) is 0. The van der Waals surface area contributed by atoms with Crippen molar-refractivity contribution in [3.8, 4) is 0 Å². The van der Waals surface area contributed by atoms with E-state index in [4.69, 9.17) is 5.73 Å². The molecule has 72 valence electrons. The highest BCUT2D eigenvalue weighted by Gasteiger charge is 2.13. The van der Waals surface area contributed by atoms with E-state index in [9.17, 15) is 0 Å². The number of hydrogen-bond acceptors (Lipinski definition) is 1. The minimum Gasteiger partial charge on any atom is -0.324 e. The summed E-state index contributed by atoms with van der Waals surface area (Å²) in [5, 5.41) is 0. The Morgan fingerprint density at radius 3 is 2.46 bits per heavy atom. The van der Waals surface area contributed by atoms with Crippen molar-refractivity contribution in [3.63, 3.8) is 0 Å². The summed E-state index contributed by atoms with van der Waals surface area (Å²) in [6, 6.07) is 6.60. The lowest BCUT2D eigenvalue weighted by atomic mass is 9.96. The molecule has 0 aliphatic heterocycles. The van der Waals surface area contributed by atoms with Gasteiger partial charge in [0.1, 0.15) is 0 Å². The fourth-order valence-electron chi connectivity index (χ4n) is 1.28. The average Bonchev–Trinajstić information content (AvgIpc) is 2.08. The topological polar surface area (TPSA) is 26.0 Å². The molecule has 0 radical (unpaired) electrons. The van der Waals surface area contributed by atoms with Crippen molar-refractivity contribution in [2.75, 3.05) is 0 Å². The van der Waals surface area contributed by atoms with Crippen LogP contribution in [-0.4, -0.2) is 0 Å². The molecule has 1 aromatic carbocycles. The van der Waals surface area contributed by atoms with E-state index in [1.165, 1.54) is 14.7 Å². The zero-order valence-corrected chi connectivity index (χ0v) is 10.5. The van der Waals surface area contributed by atoms with E-state index in [0.717, 1.165) is 0 Å². The maximum absolute atomic E-state index is 6.10. The summed E-state index contributed by atoms with van der Waals surface area (Å²) in [4.78, 5) is 0. The van der Waals surface area contributed by atoms with Crippen molar-refractivity contribution in [1.82, 2.24) is 0 Å². The van der Waals surface area contributed by atoms with Crippen LogP contribution >= 0.6 is 22.6 Å². The molecule has 1 aromatic rings. The first-order chi connectivity index (χ1) is 6.02. The van der Waals surface area contributed by atoms with Crippen LogP contribution in [0, 0.1) is 16.4 Å². The predicted molar refractivity (Wildman–Crippen MR) is 65.7 cm³/mol. The van der Waals surface area contributed by atoms with Crippen LogP contribution < -0.4 is 5.73 Å². The third-order valence-electron chi connectivity index (χ3n) is 2.23. The molecule has 0 aliphatic rings. The third-order valence-corrected chi connectivity index (χ3v) is 3.21. The first-order valence-electron chi connectivity index (χ1n) is 4.54. The van der Waals surface area contributed by atoms with Gasteiger partial charge in [0.05, 0.1) is 0 Å². The van der Waals surface area contributed by atoms with Crippen LogP contribution in [0.2, 0.25) is 0 Å². The lowest BCUT2D eigenvalue weighted by Crippen LogP contribution is -2.17. The van der Waals surface area contributed by atoms with Gasteiger partial charge in [-0.2, -0.15) is 0 Å². The number of benzene rings is 1. The number of hydrogen-bond donors (Lipinski definition) is 1. The normalized spacial score (nSPS) is 13.4. The van der Waals surface area contributed by atoms with Gasteiger partial charge in [0.2, 0.25) is 0 Å².